The van der Waals surface area contributed by atoms with E-state index in [9.17, 15) is 4.79 Å². The normalized spacial score (nSPS) is 14.7. The average Bonchev–Trinajstić information content (AvgIpc) is 3.08. The molecule has 0 radical (unpaired) electrons. The van der Waals surface area contributed by atoms with E-state index < -0.39 is 0 Å². The van der Waals surface area contributed by atoms with Gasteiger partial charge in [-0.2, -0.15) is 0 Å². The quantitative estimate of drug-likeness (QED) is 0.764. The molecule has 2 rings (SSSR count). The lowest BCUT2D eigenvalue weighted by Crippen LogP contribution is -2.17. The van der Waals surface area contributed by atoms with Gasteiger partial charge in [-0.1, -0.05) is 0 Å². The first kappa shape index (κ1) is 13.0. The molecule has 1 aliphatic rings. The molecule has 0 unspecified atom stereocenters. The van der Waals surface area contributed by atoms with Crippen LogP contribution >= 0.6 is 11.3 Å². The van der Waals surface area contributed by atoms with E-state index in [4.69, 9.17) is 10.5 Å². The highest BCUT2D eigenvalue weighted by molar-refractivity contribution is 7.19. The van der Waals surface area contributed by atoms with Crippen molar-refractivity contribution >= 4 is 27.9 Å². The third kappa shape index (κ3) is 2.69. The maximum absolute atomic E-state index is 11.7. The van der Waals surface area contributed by atoms with E-state index >= 15 is 0 Å². The first-order chi connectivity index (χ1) is 8.52. The van der Waals surface area contributed by atoms with Crippen molar-refractivity contribution in [3.63, 3.8) is 0 Å². The summed E-state index contributed by atoms with van der Waals surface area (Å²) in [6, 6.07) is 0.495. The molecule has 1 saturated carbocycles. The SMILES string of the molecule is CNC(=O)c1sc(NC2CC2)c(OC(C)C)c1N. The number of anilines is 2. The first-order valence-electron chi connectivity index (χ1n) is 6.10. The largest absolute Gasteiger partial charge is 0.486 e. The third-order valence-electron chi connectivity index (χ3n) is 2.60. The number of carbonyl (C=O) groups excluding carboxylic acids is 1. The van der Waals surface area contributed by atoms with Crippen LogP contribution in [0.15, 0.2) is 0 Å². The molecule has 1 aromatic heterocycles. The predicted octanol–water partition coefficient (Wildman–Crippen LogP) is 2.05. The molecule has 6 heteroatoms. The van der Waals surface area contributed by atoms with Crippen molar-refractivity contribution < 1.29 is 9.53 Å². The average molecular weight is 269 g/mol. The summed E-state index contributed by atoms with van der Waals surface area (Å²) in [7, 11) is 1.60. The van der Waals surface area contributed by atoms with Crippen LogP contribution in [0.3, 0.4) is 0 Å². The van der Waals surface area contributed by atoms with E-state index in [1.165, 1.54) is 11.3 Å². The van der Waals surface area contributed by atoms with Gasteiger partial charge in [0.05, 0.1) is 6.10 Å². The highest BCUT2D eigenvalue weighted by Gasteiger charge is 2.27. The number of carbonyl (C=O) groups is 1. The Balaban J connectivity index is 2.32. The molecule has 0 atom stereocenters. The summed E-state index contributed by atoms with van der Waals surface area (Å²) in [5.74, 6) is 0.440. The molecule has 1 aliphatic carbocycles. The fourth-order valence-electron chi connectivity index (χ4n) is 1.57. The number of nitrogens with one attached hydrogen (secondary N) is 2. The Morgan fingerprint density at radius 2 is 2.17 bits per heavy atom. The van der Waals surface area contributed by atoms with E-state index in [1.807, 2.05) is 13.8 Å². The summed E-state index contributed by atoms with van der Waals surface area (Å²) in [6.07, 6.45) is 2.35. The lowest BCUT2D eigenvalue weighted by atomic mass is 10.3. The Labute approximate surface area is 111 Å². The molecule has 1 aromatic rings. The fraction of sp³-hybridized carbons (Fsp3) is 0.583. The summed E-state index contributed by atoms with van der Waals surface area (Å²) in [4.78, 5) is 12.2. The number of nitrogens with two attached hydrogens (primary N) is 1. The maximum atomic E-state index is 11.7. The third-order valence-corrected chi connectivity index (χ3v) is 3.72. The second kappa shape index (κ2) is 5.06. The van der Waals surface area contributed by atoms with Crippen LogP contribution in [0.1, 0.15) is 36.4 Å². The van der Waals surface area contributed by atoms with E-state index in [1.54, 1.807) is 7.05 Å². The molecule has 1 amide bonds. The van der Waals surface area contributed by atoms with Crippen molar-refractivity contribution in [1.29, 1.82) is 0 Å². The van der Waals surface area contributed by atoms with Crippen LogP contribution in [-0.2, 0) is 0 Å². The maximum Gasteiger partial charge on any atom is 0.263 e. The highest BCUT2D eigenvalue weighted by Crippen LogP contribution is 2.45. The van der Waals surface area contributed by atoms with E-state index in [0.29, 0.717) is 22.4 Å². The number of ether oxygens (including phenoxy) is 1. The minimum atomic E-state index is -0.171. The summed E-state index contributed by atoms with van der Waals surface area (Å²) in [5.41, 5.74) is 6.44. The van der Waals surface area contributed by atoms with Crippen LogP contribution in [0.5, 0.6) is 5.75 Å². The topological polar surface area (TPSA) is 76.4 Å². The number of amides is 1. The summed E-state index contributed by atoms with van der Waals surface area (Å²) < 4.78 is 5.72. The van der Waals surface area contributed by atoms with Gasteiger partial charge in [0, 0.05) is 13.1 Å². The van der Waals surface area contributed by atoms with Gasteiger partial charge in [-0.25, -0.2) is 0 Å². The molecule has 0 bridgehead atoms. The smallest absolute Gasteiger partial charge is 0.263 e. The lowest BCUT2D eigenvalue weighted by Gasteiger charge is -2.12. The monoisotopic (exact) mass is 269 g/mol. The first-order valence-corrected chi connectivity index (χ1v) is 6.92. The number of hydrogen-bond acceptors (Lipinski definition) is 5. The molecule has 100 valence electrons. The Morgan fingerprint density at radius 1 is 1.50 bits per heavy atom. The van der Waals surface area contributed by atoms with Gasteiger partial charge in [-0.3, -0.25) is 4.79 Å². The number of nitrogen functional groups attached to an aromatic ring is 1. The van der Waals surface area contributed by atoms with Crippen molar-refractivity contribution in [3.05, 3.63) is 4.88 Å². The van der Waals surface area contributed by atoms with Gasteiger partial charge in [0.1, 0.15) is 15.6 Å². The van der Waals surface area contributed by atoms with Gasteiger partial charge in [-0.05, 0) is 26.7 Å². The summed E-state index contributed by atoms with van der Waals surface area (Å²) >= 11 is 1.36. The van der Waals surface area contributed by atoms with Crippen LogP contribution in [0.25, 0.3) is 0 Å². The predicted molar refractivity (Wildman–Crippen MR) is 74.5 cm³/mol. The number of hydrogen-bond donors (Lipinski definition) is 3. The second-order valence-electron chi connectivity index (χ2n) is 4.67. The molecular weight excluding hydrogens is 250 g/mol. The minimum absolute atomic E-state index is 0.0270. The van der Waals surface area contributed by atoms with Crippen molar-refractivity contribution in [2.24, 2.45) is 0 Å². The zero-order valence-corrected chi connectivity index (χ0v) is 11.7. The molecule has 0 saturated heterocycles. The Bertz CT molecular complexity index is 452. The van der Waals surface area contributed by atoms with Gasteiger partial charge in [0.2, 0.25) is 0 Å². The van der Waals surface area contributed by atoms with Crippen molar-refractivity contribution in [3.8, 4) is 5.75 Å². The van der Waals surface area contributed by atoms with E-state index in [-0.39, 0.29) is 12.0 Å². The molecule has 0 aromatic carbocycles. The minimum Gasteiger partial charge on any atom is -0.486 e. The van der Waals surface area contributed by atoms with Crippen molar-refractivity contribution in [2.75, 3.05) is 18.1 Å². The Morgan fingerprint density at radius 3 is 2.67 bits per heavy atom. The molecule has 1 fully saturated rings. The molecule has 1 heterocycles. The van der Waals surface area contributed by atoms with Gasteiger partial charge in [0.25, 0.3) is 5.91 Å². The molecule has 0 spiro atoms. The van der Waals surface area contributed by atoms with Crippen LogP contribution in [0, 0.1) is 0 Å². The van der Waals surface area contributed by atoms with Crippen LogP contribution in [-0.4, -0.2) is 25.1 Å². The van der Waals surface area contributed by atoms with E-state index in [2.05, 4.69) is 10.6 Å². The Hall–Kier alpha value is -1.43. The molecule has 5 nitrogen and oxygen atoms in total. The van der Waals surface area contributed by atoms with Gasteiger partial charge < -0.3 is 21.1 Å². The van der Waals surface area contributed by atoms with E-state index in [0.717, 1.165) is 17.8 Å². The standard InChI is InChI=1S/C12H19N3O2S/c1-6(2)17-9-8(13)10(11(16)14-3)18-12(9)15-7-4-5-7/h6-7,15H,4-5,13H2,1-3H3,(H,14,16). The lowest BCUT2D eigenvalue weighted by molar-refractivity contribution is 0.0967. The zero-order valence-electron chi connectivity index (χ0n) is 10.9. The molecule has 4 N–H and O–H groups in total. The summed E-state index contributed by atoms with van der Waals surface area (Å²) in [5, 5.41) is 6.82. The van der Waals surface area contributed by atoms with Crippen LogP contribution < -0.4 is 21.1 Å². The van der Waals surface area contributed by atoms with Crippen LogP contribution in [0.4, 0.5) is 10.7 Å². The second-order valence-corrected chi connectivity index (χ2v) is 5.69. The number of rotatable bonds is 5. The molecule has 18 heavy (non-hydrogen) atoms. The summed E-state index contributed by atoms with van der Waals surface area (Å²) in [6.45, 7) is 3.88. The van der Waals surface area contributed by atoms with Crippen molar-refractivity contribution in [1.82, 2.24) is 5.32 Å². The Kier molecular flexibility index (Phi) is 3.65. The van der Waals surface area contributed by atoms with Crippen LogP contribution in [0.2, 0.25) is 0 Å². The molecular formula is C12H19N3O2S. The zero-order chi connectivity index (χ0) is 13.3. The van der Waals surface area contributed by atoms with Gasteiger partial charge >= 0.3 is 0 Å². The van der Waals surface area contributed by atoms with Gasteiger partial charge in [-0.15, -0.1) is 11.3 Å². The highest BCUT2D eigenvalue weighted by atomic mass is 32.1. The molecule has 0 aliphatic heterocycles. The van der Waals surface area contributed by atoms with Crippen molar-refractivity contribution in [2.45, 2.75) is 38.8 Å². The number of thiophene rings is 1. The fourth-order valence-corrected chi connectivity index (χ4v) is 2.65. The van der Waals surface area contributed by atoms with Gasteiger partial charge in [0.15, 0.2) is 5.75 Å².